The molecule has 0 atom stereocenters. The minimum Gasteiger partial charge on any atom is -0.324 e. The molecule has 3 rings (SSSR count). The van der Waals surface area contributed by atoms with Crippen molar-refractivity contribution in [1.82, 2.24) is 14.8 Å². The number of hydrogen-bond acceptors (Lipinski definition) is 4. The third-order valence-corrected chi connectivity index (χ3v) is 5.26. The topological polar surface area (TPSA) is 59.8 Å². The molecule has 0 saturated carbocycles. The van der Waals surface area contributed by atoms with Crippen molar-refractivity contribution in [2.45, 2.75) is 32.0 Å². The van der Waals surface area contributed by atoms with Crippen molar-refractivity contribution in [3.63, 3.8) is 0 Å². The SMILES string of the molecule is CCCn1c(SCC(=O)Nc2ccc(F)cc2Cl)nnc1-c1cccc(C)c1. The van der Waals surface area contributed by atoms with Crippen LogP contribution in [0.2, 0.25) is 5.02 Å². The molecule has 1 aromatic heterocycles. The van der Waals surface area contributed by atoms with E-state index in [0.717, 1.165) is 36.0 Å². The number of nitrogens with zero attached hydrogens (tertiary/aromatic N) is 3. The van der Waals surface area contributed by atoms with Gasteiger partial charge in [-0.25, -0.2) is 4.39 Å². The van der Waals surface area contributed by atoms with E-state index in [1.165, 1.54) is 23.9 Å². The Bertz CT molecular complexity index is 992. The first kappa shape index (κ1) is 20.4. The van der Waals surface area contributed by atoms with Crippen LogP contribution >= 0.6 is 23.4 Å². The fraction of sp³-hybridized carbons (Fsp3) is 0.250. The fourth-order valence-corrected chi connectivity index (χ4v) is 3.70. The van der Waals surface area contributed by atoms with Crippen LogP contribution in [0.3, 0.4) is 0 Å². The van der Waals surface area contributed by atoms with Gasteiger partial charge in [-0.15, -0.1) is 10.2 Å². The highest BCUT2D eigenvalue weighted by Gasteiger charge is 2.16. The third kappa shape index (κ3) is 4.91. The zero-order chi connectivity index (χ0) is 20.1. The van der Waals surface area contributed by atoms with Crippen LogP contribution in [-0.2, 0) is 11.3 Å². The van der Waals surface area contributed by atoms with Crippen LogP contribution in [-0.4, -0.2) is 26.4 Å². The van der Waals surface area contributed by atoms with Gasteiger partial charge >= 0.3 is 0 Å². The number of aromatic nitrogens is 3. The highest BCUT2D eigenvalue weighted by atomic mass is 35.5. The Morgan fingerprint density at radius 1 is 1.25 bits per heavy atom. The number of carbonyl (C=O) groups excluding carboxylic acids is 1. The Kier molecular flexibility index (Phi) is 6.70. The van der Waals surface area contributed by atoms with Gasteiger partial charge in [0.25, 0.3) is 0 Å². The van der Waals surface area contributed by atoms with E-state index in [-0.39, 0.29) is 16.7 Å². The second-order valence-electron chi connectivity index (χ2n) is 6.29. The number of hydrogen-bond donors (Lipinski definition) is 1. The van der Waals surface area contributed by atoms with E-state index < -0.39 is 5.82 Å². The smallest absolute Gasteiger partial charge is 0.234 e. The summed E-state index contributed by atoms with van der Waals surface area (Å²) < 4.78 is 15.1. The Labute approximate surface area is 172 Å². The maximum absolute atomic E-state index is 13.1. The molecule has 0 aliphatic carbocycles. The minimum absolute atomic E-state index is 0.142. The molecule has 0 aliphatic heterocycles. The Hall–Kier alpha value is -2.38. The van der Waals surface area contributed by atoms with Gasteiger partial charge < -0.3 is 9.88 Å². The van der Waals surface area contributed by atoms with Crippen molar-refractivity contribution < 1.29 is 9.18 Å². The maximum Gasteiger partial charge on any atom is 0.234 e. The van der Waals surface area contributed by atoms with Gasteiger partial charge in [0, 0.05) is 12.1 Å². The van der Waals surface area contributed by atoms with Gasteiger partial charge in [-0.3, -0.25) is 4.79 Å². The number of rotatable bonds is 7. The molecule has 1 amide bonds. The van der Waals surface area contributed by atoms with Gasteiger partial charge in [0.15, 0.2) is 11.0 Å². The van der Waals surface area contributed by atoms with Gasteiger partial charge in [0.2, 0.25) is 5.91 Å². The first-order chi connectivity index (χ1) is 13.5. The number of benzene rings is 2. The summed E-state index contributed by atoms with van der Waals surface area (Å²) in [5.41, 5.74) is 2.52. The van der Waals surface area contributed by atoms with Crippen LogP contribution in [0.4, 0.5) is 10.1 Å². The van der Waals surface area contributed by atoms with Crippen molar-refractivity contribution in [3.05, 3.63) is 58.9 Å². The van der Waals surface area contributed by atoms with Crippen molar-refractivity contribution in [2.75, 3.05) is 11.1 Å². The molecule has 2 aromatic carbocycles. The molecule has 0 radical (unpaired) electrons. The molecule has 1 N–H and O–H groups in total. The number of anilines is 1. The molecule has 0 spiro atoms. The number of halogens is 2. The Balaban J connectivity index is 1.72. The van der Waals surface area contributed by atoms with E-state index in [2.05, 4.69) is 28.5 Å². The van der Waals surface area contributed by atoms with Gasteiger partial charge in [-0.05, 0) is 37.6 Å². The highest BCUT2D eigenvalue weighted by molar-refractivity contribution is 7.99. The molecule has 8 heteroatoms. The first-order valence-corrected chi connectivity index (χ1v) is 10.2. The molecule has 146 valence electrons. The Morgan fingerprint density at radius 2 is 2.07 bits per heavy atom. The molecular weight excluding hydrogens is 399 g/mol. The second kappa shape index (κ2) is 9.21. The van der Waals surface area contributed by atoms with Gasteiger partial charge in [-0.1, -0.05) is 54.0 Å². The number of aryl methyl sites for hydroxylation is 1. The standard InChI is InChI=1S/C20H20ClFN4OS/c1-3-9-26-19(14-6-4-5-13(2)10-14)24-25-20(26)28-12-18(27)23-17-8-7-15(22)11-16(17)21/h4-8,10-11H,3,9,12H2,1-2H3,(H,23,27). The summed E-state index contributed by atoms with van der Waals surface area (Å²) in [6, 6.07) is 11.9. The highest BCUT2D eigenvalue weighted by Crippen LogP contribution is 2.26. The predicted octanol–water partition coefficient (Wildman–Crippen LogP) is 5.19. The van der Waals surface area contributed by atoms with Gasteiger partial charge in [-0.2, -0.15) is 0 Å². The lowest BCUT2D eigenvalue weighted by Crippen LogP contribution is -2.15. The van der Waals surface area contributed by atoms with Crippen molar-refractivity contribution in [3.8, 4) is 11.4 Å². The molecule has 5 nitrogen and oxygen atoms in total. The average Bonchev–Trinajstić information content (AvgIpc) is 3.05. The van der Waals surface area contributed by atoms with E-state index in [9.17, 15) is 9.18 Å². The molecule has 0 aliphatic rings. The minimum atomic E-state index is -0.450. The van der Waals surface area contributed by atoms with Gasteiger partial charge in [0.1, 0.15) is 5.82 Å². The molecule has 0 saturated heterocycles. The summed E-state index contributed by atoms with van der Waals surface area (Å²) in [4.78, 5) is 12.3. The second-order valence-corrected chi connectivity index (χ2v) is 7.64. The largest absolute Gasteiger partial charge is 0.324 e. The van der Waals surface area contributed by atoms with Crippen LogP contribution in [0.25, 0.3) is 11.4 Å². The molecule has 28 heavy (non-hydrogen) atoms. The number of carbonyl (C=O) groups is 1. The molecular formula is C20H20ClFN4OS. The van der Waals surface area contributed by atoms with Crippen LogP contribution in [0.5, 0.6) is 0 Å². The zero-order valence-corrected chi connectivity index (χ0v) is 17.1. The Morgan fingerprint density at radius 3 is 2.79 bits per heavy atom. The van der Waals surface area contributed by atoms with Crippen LogP contribution in [0, 0.1) is 12.7 Å². The van der Waals surface area contributed by atoms with E-state index in [0.29, 0.717) is 10.8 Å². The van der Waals surface area contributed by atoms with Crippen LogP contribution in [0.1, 0.15) is 18.9 Å². The summed E-state index contributed by atoms with van der Waals surface area (Å²) >= 11 is 7.26. The van der Waals surface area contributed by atoms with Crippen molar-refractivity contribution >= 4 is 35.0 Å². The fourth-order valence-electron chi connectivity index (χ4n) is 2.73. The summed E-state index contributed by atoms with van der Waals surface area (Å²) in [5, 5.41) is 12.1. The van der Waals surface area contributed by atoms with E-state index in [1.54, 1.807) is 0 Å². The number of amides is 1. The third-order valence-electron chi connectivity index (χ3n) is 3.98. The quantitative estimate of drug-likeness (QED) is 0.536. The maximum atomic E-state index is 13.1. The lowest BCUT2D eigenvalue weighted by Gasteiger charge is -2.10. The predicted molar refractivity (Wildman–Crippen MR) is 111 cm³/mol. The summed E-state index contributed by atoms with van der Waals surface area (Å²) in [6.45, 7) is 4.87. The molecule has 0 bridgehead atoms. The van der Waals surface area contributed by atoms with Crippen molar-refractivity contribution in [2.24, 2.45) is 0 Å². The van der Waals surface area contributed by atoms with E-state index in [4.69, 9.17) is 11.6 Å². The van der Waals surface area contributed by atoms with E-state index >= 15 is 0 Å². The zero-order valence-electron chi connectivity index (χ0n) is 15.6. The molecule has 0 unspecified atom stereocenters. The first-order valence-electron chi connectivity index (χ1n) is 8.86. The lowest BCUT2D eigenvalue weighted by molar-refractivity contribution is -0.113. The molecule has 1 heterocycles. The van der Waals surface area contributed by atoms with Gasteiger partial charge in [0.05, 0.1) is 16.5 Å². The van der Waals surface area contributed by atoms with Crippen LogP contribution in [0.15, 0.2) is 47.6 Å². The summed E-state index contributed by atoms with van der Waals surface area (Å²) in [5.74, 6) is 0.231. The normalized spacial score (nSPS) is 10.9. The monoisotopic (exact) mass is 418 g/mol. The average molecular weight is 419 g/mol. The number of nitrogens with one attached hydrogen (secondary N) is 1. The van der Waals surface area contributed by atoms with Crippen molar-refractivity contribution in [1.29, 1.82) is 0 Å². The van der Waals surface area contributed by atoms with E-state index in [1.807, 2.05) is 29.7 Å². The molecule has 0 fully saturated rings. The van der Waals surface area contributed by atoms with Crippen LogP contribution < -0.4 is 5.32 Å². The molecule has 3 aromatic rings. The summed E-state index contributed by atoms with van der Waals surface area (Å²) in [7, 11) is 0. The summed E-state index contributed by atoms with van der Waals surface area (Å²) in [6.07, 6.45) is 0.918. The lowest BCUT2D eigenvalue weighted by atomic mass is 10.1. The number of thioether (sulfide) groups is 1.